The van der Waals surface area contributed by atoms with Crippen molar-refractivity contribution in [3.05, 3.63) is 27.7 Å². The van der Waals surface area contributed by atoms with E-state index in [-0.39, 0.29) is 28.1 Å². The maximum Gasteiger partial charge on any atom is 0.491 e. The van der Waals surface area contributed by atoms with Crippen LogP contribution < -0.4 is 10.5 Å². The topological polar surface area (TPSA) is 55.6 Å². The summed E-state index contributed by atoms with van der Waals surface area (Å²) in [5.41, 5.74) is 6.29. The molecule has 0 aliphatic carbocycles. The van der Waals surface area contributed by atoms with Gasteiger partial charge in [-0.1, -0.05) is 23.2 Å². The predicted molar refractivity (Wildman–Crippen MR) is 90.2 cm³/mol. The molecule has 1 heterocycles. The molecule has 2 N–H and O–H groups in total. The minimum absolute atomic E-state index is 0.0454. The van der Waals surface area contributed by atoms with Gasteiger partial charge in [-0.15, -0.1) is 0 Å². The number of piperidine rings is 1. The highest BCUT2D eigenvalue weighted by atomic mass is 35.5. The van der Waals surface area contributed by atoms with E-state index in [1.165, 1.54) is 6.07 Å². The van der Waals surface area contributed by atoms with Crippen LogP contribution in [-0.4, -0.2) is 43.1 Å². The average Bonchev–Trinajstić information content (AvgIpc) is 2.56. The number of rotatable bonds is 5. The van der Waals surface area contributed by atoms with Gasteiger partial charge in [0.05, 0.1) is 16.6 Å². The van der Waals surface area contributed by atoms with Gasteiger partial charge in [0.1, 0.15) is 5.75 Å². The molecular formula is C16H17Cl2F5N2O2. The second-order valence-electron chi connectivity index (χ2n) is 6.25. The second-order valence-corrected chi connectivity index (χ2v) is 7.06. The number of benzene rings is 1. The number of nitrogens with two attached hydrogens (primary N) is 1. The molecule has 1 unspecified atom stereocenters. The fourth-order valence-electron chi connectivity index (χ4n) is 2.99. The van der Waals surface area contributed by atoms with E-state index in [4.69, 9.17) is 28.9 Å². The predicted octanol–water partition coefficient (Wildman–Crippen LogP) is 4.44. The van der Waals surface area contributed by atoms with Crippen LogP contribution in [0.2, 0.25) is 10.0 Å². The Kier molecular flexibility index (Phi) is 7.29. The van der Waals surface area contributed by atoms with Gasteiger partial charge in [0.15, 0.2) is 0 Å². The first kappa shape index (κ1) is 22.1. The number of hydrogen-bond acceptors (Lipinski definition) is 4. The monoisotopic (exact) mass is 434 g/mol. The second kappa shape index (κ2) is 8.89. The molecule has 0 spiro atoms. The third kappa shape index (κ3) is 5.91. The molecule has 2 rings (SSSR count). The molecule has 1 atom stereocenters. The van der Waals surface area contributed by atoms with Gasteiger partial charge >= 0.3 is 12.1 Å². The van der Waals surface area contributed by atoms with Gasteiger partial charge in [-0.2, -0.15) is 13.2 Å². The highest BCUT2D eigenvalue weighted by molar-refractivity contribution is 6.42. The zero-order chi connectivity index (χ0) is 20.4. The summed E-state index contributed by atoms with van der Waals surface area (Å²) in [4.78, 5) is 12.8. The highest BCUT2D eigenvalue weighted by Gasteiger charge is 2.42. The van der Waals surface area contributed by atoms with Crippen molar-refractivity contribution in [1.82, 2.24) is 4.90 Å². The maximum absolute atomic E-state index is 12.5. The van der Waals surface area contributed by atoms with Gasteiger partial charge in [0.2, 0.25) is 0 Å². The molecule has 0 aromatic heterocycles. The normalized spacial score (nSPS) is 18.0. The van der Waals surface area contributed by atoms with Crippen molar-refractivity contribution < 1.29 is 31.5 Å². The van der Waals surface area contributed by atoms with Crippen LogP contribution in [0.15, 0.2) is 12.1 Å². The van der Waals surface area contributed by atoms with Crippen molar-refractivity contribution in [3.63, 3.8) is 0 Å². The van der Waals surface area contributed by atoms with Crippen molar-refractivity contribution in [3.8, 4) is 5.75 Å². The van der Waals surface area contributed by atoms with Crippen LogP contribution in [0.25, 0.3) is 0 Å². The fourth-order valence-corrected chi connectivity index (χ4v) is 3.32. The Morgan fingerprint density at radius 3 is 2.30 bits per heavy atom. The van der Waals surface area contributed by atoms with Crippen LogP contribution in [0.4, 0.5) is 22.0 Å². The molecule has 1 aliphatic heterocycles. The Bertz CT molecular complexity index is 680. The Morgan fingerprint density at radius 2 is 1.78 bits per heavy atom. The minimum atomic E-state index is -5.19. The van der Waals surface area contributed by atoms with E-state index in [1.807, 2.05) is 0 Å². The first-order valence-electron chi connectivity index (χ1n) is 8.03. The molecule has 1 fully saturated rings. The van der Waals surface area contributed by atoms with E-state index in [2.05, 4.69) is 4.74 Å². The summed E-state index contributed by atoms with van der Waals surface area (Å²) >= 11 is 11.8. The molecule has 1 aromatic rings. The van der Waals surface area contributed by atoms with Crippen LogP contribution in [0, 0.1) is 5.92 Å². The van der Waals surface area contributed by atoms with Crippen molar-refractivity contribution in [1.29, 1.82) is 0 Å². The van der Waals surface area contributed by atoms with Gasteiger partial charge in [-0.05, 0) is 37.9 Å². The Labute approximate surface area is 162 Å². The van der Waals surface area contributed by atoms with Gasteiger partial charge in [-0.3, -0.25) is 4.90 Å². The van der Waals surface area contributed by atoms with Gasteiger partial charge in [-0.25, -0.2) is 13.6 Å². The van der Waals surface area contributed by atoms with Crippen molar-refractivity contribution >= 4 is 29.2 Å². The number of likely N-dealkylation sites (tertiary alicyclic amines) is 1. The van der Waals surface area contributed by atoms with Crippen molar-refractivity contribution in [2.45, 2.75) is 31.5 Å². The molecule has 4 nitrogen and oxygen atoms in total. The van der Waals surface area contributed by atoms with Crippen LogP contribution in [0.3, 0.4) is 0 Å². The first-order chi connectivity index (χ1) is 12.5. The summed E-state index contributed by atoms with van der Waals surface area (Å²) in [6.45, 7) is 0.409. The average molecular weight is 435 g/mol. The molecule has 0 radical (unpaired) electrons. The standard InChI is InChI=1S/C16H17Cl2F5N2O2/c17-10-5-9(12(6-11(10)18)27-15(26)16(21,22)23)14(24)8-1-3-25(4-2-8)7-13(19)20/h5-6,8,13-14H,1-4,7,24H2. The summed E-state index contributed by atoms with van der Waals surface area (Å²) in [5, 5.41) is -0.0478. The number of hydrogen-bond donors (Lipinski definition) is 1. The number of carbonyl (C=O) groups excluding carboxylic acids is 1. The highest BCUT2D eigenvalue weighted by Crippen LogP contribution is 2.39. The number of alkyl halides is 5. The maximum atomic E-state index is 12.5. The lowest BCUT2D eigenvalue weighted by atomic mass is 9.85. The molecule has 0 amide bonds. The Balaban J connectivity index is 2.19. The molecular weight excluding hydrogens is 418 g/mol. The minimum Gasteiger partial charge on any atom is -0.419 e. The van der Waals surface area contributed by atoms with Crippen LogP contribution >= 0.6 is 23.2 Å². The molecule has 27 heavy (non-hydrogen) atoms. The quantitative estimate of drug-likeness (QED) is 0.422. The van der Waals surface area contributed by atoms with E-state index in [9.17, 15) is 26.7 Å². The molecule has 0 bridgehead atoms. The number of nitrogens with zero attached hydrogens (tertiary/aromatic N) is 1. The largest absolute Gasteiger partial charge is 0.491 e. The Hall–Kier alpha value is -1.16. The molecule has 1 saturated heterocycles. The number of halogens is 7. The van der Waals surface area contributed by atoms with E-state index in [1.54, 1.807) is 4.90 Å². The molecule has 1 aromatic carbocycles. The molecule has 152 valence electrons. The van der Waals surface area contributed by atoms with Crippen molar-refractivity contribution in [2.24, 2.45) is 11.7 Å². The number of carbonyl (C=O) groups is 1. The SMILES string of the molecule is NC(c1cc(Cl)c(Cl)cc1OC(=O)C(F)(F)F)C1CCN(CC(F)F)CC1. The smallest absolute Gasteiger partial charge is 0.419 e. The molecule has 0 saturated carbocycles. The van der Waals surface area contributed by atoms with Crippen molar-refractivity contribution in [2.75, 3.05) is 19.6 Å². The third-order valence-corrected chi connectivity index (χ3v) is 5.10. The lowest BCUT2D eigenvalue weighted by Gasteiger charge is -2.35. The zero-order valence-electron chi connectivity index (χ0n) is 13.9. The molecule has 1 aliphatic rings. The lowest BCUT2D eigenvalue weighted by Crippen LogP contribution is -2.39. The van der Waals surface area contributed by atoms with E-state index >= 15 is 0 Å². The van der Waals surface area contributed by atoms with Crippen LogP contribution in [0.5, 0.6) is 5.75 Å². The summed E-state index contributed by atoms with van der Waals surface area (Å²) in [6, 6.07) is 1.47. The summed E-state index contributed by atoms with van der Waals surface area (Å²) in [6.07, 6.45) is -6.71. The lowest BCUT2D eigenvalue weighted by molar-refractivity contribution is -0.189. The molecule has 11 heteroatoms. The summed E-state index contributed by atoms with van der Waals surface area (Å²) < 4.78 is 66.9. The fraction of sp³-hybridized carbons (Fsp3) is 0.562. The summed E-state index contributed by atoms with van der Waals surface area (Å²) in [5.74, 6) is -3.03. The van der Waals surface area contributed by atoms with Gasteiger partial charge < -0.3 is 10.5 Å². The number of esters is 1. The summed E-state index contributed by atoms with van der Waals surface area (Å²) in [7, 11) is 0. The van der Waals surface area contributed by atoms with E-state index < -0.39 is 30.4 Å². The van der Waals surface area contributed by atoms with E-state index in [0.717, 1.165) is 6.07 Å². The van der Waals surface area contributed by atoms with Gasteiger partial charge in [0, 0.05) is 17.7 Å². The van der Waals surface area contributed by atoms with Crippen LogP contribution in [-0.2, 0) is 4.79 Å². The third-order valence-electron chi connectivity index (χ3n) is 4.38. The zero-order valence-corrected chi connectivity index (χ0v) is 15.4. The van der Waals surface area contributed by atoms with E-state index in [0.29, 0.717) is 25.9 Å². The Morgan fingerprint density at radius 1 is 1.22 bits per heavy atom. The van der Waals surface area contributed by atoms with Gasteiger partial charge in [0.25, 0.3) is 6.43 Å². The first-order valence-corrected chi connectivity index (χ1v) is 8.78. The van der Waals surface area contributed by atoms with Crippen LogP contribution in [0.1, 0.15) is 24.4 Å². The number of ether oxygens (including phenoxy) is 1.